The zero-order valence-electron chi connectivity index (χ0n) is 11.0. The minimum Gasteiger partial charge on any atom is -0.381 e. The number of nitrogens with zero attached hydrogens (tertiary/aromatic N) is 2. The maximum atomic E-state index is 4.08. The summed E-state index contributed by atoms with van der Waals surface area (Å²) in [6, 6.07) is 9.34. The van der Waals surface area contributed by atoms with Crippen LogP contribution >= 0.6 is 11.8 Å². The molecule has 3 rings (SSSR count). The van der Waals surface area contributed by atoms with E-state index in [1.165, 1.54) is 35.6 Å². The lowest BCUT2D eigenvalue weighted by molar-refractivity contribution is 0.685. The predicted molar refractivity (Wildman–Crippen MR) is 81.7 cm³/mol. The molecule has 1 aliphatic rings. The molecule has 1 aromatic heterocycles. The van der Waals surface area contributed by atoms with Crippen LogP contribution in [0.4, 0.5) is 5.69 Å². The summed E-state index contributed by atoms with van der Waals surface area (Å²) in [6.07, 6.45) is 8.30. The molecule has 1 fully saturated rings. The van der Waals surface area contributed by atoms with Gasteiger partial charge in [-0.3, -0.25) is 0 Å². The van der Waals surface area contributed by atoms with Crippen LogP contribution in [0.15, 0.2) is 43.0 Å². The van der Waals surface area contributed by atoms with Gasteiger partial charge in [0.05, 0.1) is 6.33 Å². The van der Waals surface area contributed by atoms with Crippen molar-refractivity contribution < 1.29 is 0 Å². The van der Waals surface area contributed by atoms with Gasteiger partial charge in [0.2, 0.25) is 0 Å². The molecule has 1 saturated heterocycles. The highest BCUT2D eigenvalue weighted by Gasteiger charge is 2.13. The number of aromatic nitrogens is 2. The molecule has 1 atom stereocenters. The smallest absolute Gasteiger partial charge is 0.0949 e. The van der Waals surface area contributed by atoms with Crippen molar-refractivity contribution >= 4 is 17.4 Å². The first-order valence-electron chi connectivity index (χ1n) is 6.79. The summed E-state index contributed by atoms with van der Waals surface area (Å²) < 4.78 is 2.09. The average molecular weight is 273 g/mol. The quantitative estimate of drug-likeness (QED) is 0.927. The Morgan fingerprint density at radius 3 is 3.21 bits per heavy atom. The maximum absolute atomic E-state index is 4.08. The van der Waals surface area contributed by atoms with Crippen LogP contribution in [-0.4, -0.2) is 27.1 Å². The lowest BCUT2D eigenvalue weighted by Gasteiger charge is -2.23. The van der Waals surface area contributed by atoms with Crippen LogP contribution < -0.4 is 5.32 Å². The van der Waals surface area contributed by atoms with Gasteiger partial charge < -0.3 is 9.88 Å². The summed E-state index contributed by atoms with van der Waals surface area (Å²) in [5.74, 6) is 2.55. The van der Waals surface area contributed by atoms with E-state index in [-0.39, 0.29) is 0 Å². The highest BCUT2D eigenvalue weighted by molar-refractivity contribution is 7.99. The Labute approximate surface area is 118 Å². The third kappa shape index (κ3) is 3.53. The number of thioether (sulfide) groups is 1. The third-order valence-corrected chi connectivity index (χ3v) is 4.60. The van der Waals surface area contributed by atoms with Crippen molar-refractivity contribution in [2.75, 3.05) is 16.8 Å². The van der Waals surface area contributed by atoms with Crippen LogP contribution in [0, 0.1) is 0 Å². The van der Waals surface area contributed by atoms with E-state index in [1.54, 1.807) is 0 Å². The van der Waals surface area contributed by atoms with E-state index in [9.17, 15) is 0 Å². The Balaban J connectivity index is 1.65. The van der Waals surface area contributed by atoms with E-state index in [4.69, 9.17) is 0 Å². The van der Waals surface area contributed by atoms with E-state index >= 15 is 0 Å². The van der Waals surface area contributed by atoms with Gasteiger partial charge in [0.15, 0.2) is 0 Å². The fraction of sp³-hybridized carbons (Fsp3) is 0.400. The van der Waals surface area contributed by atoms with Crippen LogP contribution in [0.25, 0.3) is 0 Å². The van der Waals surface area contributed by atoms with Crippen LogP contribution in [0.2, 0.25) is 0 Å². The summed E-state index contributed by atoms with van der Waals surface area (Å²) in [5.41, 5.74) is 2.55. The summed E-state index contributed by atoms with van der Waals surface area (Å²) in [7, 11) is 0. The number of hydrogen-bond acceptors (Lipinski definition) is 3. The highest BCUT2D eigenvalue weighted by atomic mass is 32.2. The van der Waals surface area contributed by atoms with Crippen LogP contribution in [0.3, 0.4) is 0 Å². The van der Waals surface area contributed by atoms with Gasteiger partial charge in [-0.25, -0.2) is 4.98 Å². The number of hydrogen-bond donors (Lipinski definition) is 1. The zero-order valence-corrected chi connectivity index (χ0v) is 11.8. The second kappa shape index (κ2) is 6.15. The topological polar surface area (TPSA) is 29.9 Å². The minimum atomic E-state index is 0.627. The molecule has 1 aromatic carbocycles. The fourth-order valence-electron chi connectivity index (χ4n) is 2.44. The molecule has 4 heteroatoms. The molecule has 1 N–H and O–H groups in total. The molecule has 3 nitrogen and oxygen atoms in total. The zero-order chi connectivity index (χ0) is 12.9. The first kappa shape index (κ1) is 12.6. The minimum absolute atomic E-state index is 0.627. The molecule has 0 aliphatic carbocycles. The normalized spacial score (nSPS) is 19.3. The molecule has 0 amide bonds. The average Bonchev–Trinajstić information content (AvgIpc) is 2.93. The van der Waals surface area contributed by atoms with Crippen LogP contribution in [0.1, 0.15) is 18.4 Å². The van der Waals surface area contributed by atoms with Crippen molar-refractivity contribution in [1.82, 2.24) is 9.55 Å². The van der Waals surface area contributed by atoms with Crippen molar-refractivity contribution in [2.45, 2.75) is 25.4 Å². The number of nitrogens with one attached hydrogen (secondary N) is 1. The SMILES string of the molecule is c1cc(Cn2ccnc2)cc(NC2CCCSC2)c1. The van der Waals surface area contributed by atoms with Gasteiger partial charge in [0.1, 0.15) is 0 Å². The van der Waals surface area contributed by atoms with Crippen LogP contribution in [0.5, 0.6) is 0 Å². The number of rotatable bonds is 4. The summed E-state index contributed by atoms with van der Waals surface area (Å²) in [6.45, 7) is 0.884. The summed E-state index contributed by atoms with van der Waals surface area (Å²) in [4.78, 5) is 4.08. The van der Waals surface area contributed by atoms with Gasteiger partial charge in [-0.1, -0.05) is 12.1 Å². The number of benzene rings is 1. The lowest BCUT2D eigenvalue weighted by atomic mass is 10.1. The molecular weight excluding hydrogens is 254 g/mol. The monoisotopic (exact) mass is 273 g/mol. The Morgan fingerprint density at radius 2 is 2.42 bits per heavy atom. The van der Waals surface area contributed by atoms with E-state index in [0.29, 0.717) is 6.04 Å². The molecule has 1 aliphatic heterocycles. The van der Waals surface area contributed by atoms with Crippen LogP contribution in [-0.2, 0) is 6.54 Å². The third-order valence-electron chi connectivity index (χ3n) is 3.38. The van der Waals surface area contributed by atoms with Crippen molar-refractivity contribution in [1.29, 1.82) is 0 Å². The Kier molecular flexibility index (Phi) is 4.08. The lowest BCUT2D eigenvalue weighted by Crippen LogP contribution is -2.25. The van der Waals surface area contributed by atoms with E-state index in [1.807, 2.05) is 18.7 Å². The number of imidazole rings is 1. The second-order valence-electron chi connectivity index (χ2n) is 4.99. The molecule has 1 unspecified atom stereocenters. The Morgan fingerprint density at radius 1 is 1.42 bits per heavy atom. The maximum Gasteiger partial charge on any atom is 0.0949 e. The first-order chi connectivity index (χ1) is 9.40. The van der Waals surface area contributed by atoms with Gasteiger partial charge in [0.25, 0.3) is 0 Å². The van der Waals surface area contributed by atoms with Crippen molar-refractivity contribution in [3.8, 4) is 0 Å². The molecule has 0 spiro atoms. The fourth-order valence-corrected chi connectivity index (χ4v) is 3.51. The Bertz CT molecular complexity index is 504. The van der Waals surface area contributed by atoms with E-state index < -0.39 is 0 Å². The van der Waals surface area contributed by atoms with Gasteiger partial charge in [-0.05, 0) is 36.3 Å². The second-order valence-corrected chi connectivity index (χ2v) is 6.14. The van der Waals surface area contributed by atoms with Crippen molar-refractivity contribution in [3.05, 3.63) is 48.5 Å². The van der Waals surface area contributed by atoms with Gasteiger partial charge in [0, 0.05) is 36.4 Å². The van der Waals surface area contributed by atoms with Gasteiger partial charge in [-0.2, -0.15) is 11.8 Å². The summed E-state index contributed by atoms with van der Waals surface area (Å²) >= 11 is 2.06. The number of anilines is 1. The molecule has 0 bridgehead atoms. The highest BCUT2D eigenvalue weighted by Crippen LogP contribution is 2.21. The largest absolute Gasteiger partial charge is 0.381 e. The predicted octanol–water partition coefficient (Wildman–Crippen LogP) is 3.24. The first-order valence-corrected chi connectivity index (χ1v) is 7.94. The van der Waals surface area contributed by atoms with Crippen molar-refractivity contribution in [2.24, 2.45) is 0 Å². The van der Waals surface area contributed by atoms with E-state index in [0.717, 1.165) is 6.54 Å². The molecule has 19 heavy (non-hydrogen) atoms. The van der Waals surface area contributed by atoms with Gasteiger partial charge in [-0.15, -0.1) is 0 Å². The molecule has 2 aromatic rings. The molecule has 0 radical (unpaired) electrons. The molecule has 100 valence electrons. The standard InChI is InChI=1S/C15H19N3S/c1-3-13(10-18-7-6-16-12-18)9-14(4-1)17-15-5-2-8-19-11-15/h1,3-4,6-7,9,12,15,17H,2,5,8,10-11H2. The molecular formula is C15H19N3S. The van der Waals surface area contributed by atoms with E-state index in [2.05, 4.69) is 50.9 Å². The van der Waals surface area contributed by atoms with Crippen molar-refractivity contribution in [3.63, 3.8) is 0 Å². The van der Waals surface area contributed by atoms with Gasteiger partial charge >= 0.3 is 0 Å². The molecule has 2 heterocycles. The molecule has 0 saturated carbocycles. The summed E-state index contributed by atoms with van der Waals surface area (Å²) in [5, 5.41) is 3.66. The Hall–Kier alpha value is -1.42.